The second kappa shape index (κ2) is 7.25. The number of hydrogen-bond donors (Lipinski definition) is 1. The fourth-order valence-corrected chi connectivity index (χ4v) is 1.61. The average Bonchev–Trinajstić information content (AvgIpc) is 2.35. The number of carboxylic acid groups (broad SMARTS) is 1. The third-order valence-corrected chi connectivity index (χ3v) is 2.51. The minimum absolute atomic E-state index is 0.490. The smallest absolute Gasteiger partial charge is 0.328 e. The average molecular weight is 244 g/mol. The number of nitrogens with zero attached hydrogens (tertiary/aromatic N) is 2. The second-order valence-electron chi connectivity index (χ2n) is 4.02. The molecule has 0 saturated carbocycles. The Balaban J connectivity index is 2.76. The third-order valence-electron chi connectivity index (χ3n) is 2.51. The quantitative estimate of drug-likeness (QED) is 0.778. The van der Waals surface area contributed by atoms with Gasteiger partial charge in [0.05, 0.1) is 6.07 Å². The van der Waals surface area contributed by atoms with Gasteiger partial charge in [0.25, 0.3) is 0 Å². The summed E-state index contributed by atoms with van der Waals surface area (Å²) in [5, 5.41) is 17.2. The first kappa shape index (κ1) is 13.9. The van der Waals surface area contributed by atoms with Gasteiger partial charge < -0.3 is 10.0 Å². The van der Waals surface area contributed by atoms with E-state index < -0.39 is 5.97 Å². The van der Waals surface area contributed by atoms with Gasteiger partial charge in [0.15, 0.2) is 0 Å². The highest BCUT2D eigenvalue weighted by molar-refractivity contribution is 5.85. The number of carbonyl (C=O) groups is 1. The fourth-order valence-electron chi connectivity index (χ4n) is 1.61. The molecule has 0 radical (unpaired) electrons. The molecule has 0 aliphatic rings. The van der Waals surface area contributed by atoms with Gasteiger partial charge in [-0.25, -0.2) is 4.79 Å². The van der Waals surface area contributed by atoms with Gasteiger partial charge in [-0.1, -0.05) is 24.3 Å². The largest absolute Gasteiger partial charge is 0.478 e. The highest BCUT2D eigenvalue weighted by atomic mass is 16.4. The number of benzene rings is 1. The van der Waals surface area contributed by atoms with Crippen molar-refractivity contribution in [3.8, 4) is 6.07 Å². The molecule has 18 heavy (non-hydrogen) atoms. The Kier molecular flexibility index (Phi) is 5.62. The highest BCUT2D eigenvalue weighted by Crippen LogP contribution is 2.13. The number of hydrogen-bond acceptors (Lipinski definition) is 3. The van der Waals surface area contributed by atoms with E-state index in [9.17, 15) is 4.79 Å². The molecule has 0 aliphatic heterocycles. The molecular weight excluding hydrogens is 228 g/mol. The lowest BCUT2D eigenvalue weighted by Gasteiger charge is -2.16. The molecule has 1 aromatic carbocycles. The lowest BCUT2D eigenvalue weighted by Crippen LogP contribution is -2.19. The van der Waals surface area contributed by atoms with Crippen molar-refractivity contribution in [2.24, 2.45) is 0 Å². The Morgan fingerprint density at radius 2 is 2.22 bits per heavy atom. The van der Waals surface area contributed by atoms with Crippen LogP contribution in [-0.2, 0) is 11.3 Å². The van der Waals surface area contributed by atoms with Crippen LogP contribution in [0.15, 0.2) is 30.3 Å². The fraction of sp³-hybridized carbons (Fsp3) is 0.286. The summed E-state index contributed by atoms with van der Waals surface area (Å²) in [5.74, 6) is -0.956. The summed E-state index contributed by atoms with van der Waals surface area (Å²) in [6.07, 6.45) is 3.22. The van der Waals surface area contributed by atoms with Crippen LogP contribution in [0.5, 0.6) is 0 Å². The zero-order valence-electron chi connectivity index (χ0n) is 10.3. The van der Waals surface area contributed by atoms with Gasteiger partial charge in [0.2, 0.25) is 0 Å². The molecule has 4 nitrogen and oxygen atoms in total. The van der Waals surface area contributed by atoms with E-state index >= 15 is 0 Å². The van der Waals surface area contributed by atoms with Crippen LogP contribution in [0.3, 0.4) is 0 Å². The summed E-state index contributed by atoms with van der Waals surface area (Å²) >= 11 is 0. The lowest BCUT2D eigenvalue weighted by atomic mass is 10.1. The van der Waals surface area contributed by atoms with Gasteiger partial charge >= 0.3 is 5.97 Å². The topological polar surface area (TPSA) is 64.3 Å². The van der Waals surface area contributed by atoms with Crippen molar-refractivity contribution in [1.82, 2.24) is 4.90 Å². The molecule has 0 fully saturated rings. The second-order valence-corrected chi connectivity index (χ2v) is 4.02. The van der Waals surface area contributed by atoms with Gasteiger partial charge in [-0.3, -0.25) is 0 Å². The summed E-state index contributed by atoms with van der Waals surface area (Å²) in [5.41, 5.74) is 1.94. The zero-order valence-corrected chi connectivity index (χ0v) is 10.3. The van der Waals surface area contributed by atoms with Crippen LogP contribution in [-0.4, -0.2) is 29.6 Å². The molecule has 0 saturated heterocycles. The predicted octanol–water partition coefficient (Wildman–Crippen LogP) is 2.13. The third kappa shape index (κ3) is 4.81. The van der Waals surface area contributed by atoms with Crippen molar-refractivity contribution in [2.45, 2.75) is 13.0 Å². The molecule has 1 rings (SSSR count). The Labute approximate surface area is 107 Å². The minimum Gasteiger partial charge on any atom is -0.478 e. The maximum absolute atomic E-state index is 10.5. The molecule has 94 valence electrons. The van der Waals surface area contributed by atoms with Crippen LogP contribution in [0.25, 0.3) is 6.08 Å². The Bertz CT molecular complexity index is 475. The molecule has 1 aromatic rings. The Hall–Kier alpha value is -2.12. The van der Waals surface area contributed by atoms with Crippen molar-refractivity contribution < 1.29 is 9.90 Å². The van der Waals surface area contributed by atoms with Gasteiger partial charge in [0.1, 0.15) is 0 Å². The number of rotatable bonds is 6. The number of carboxylic acids is 1. The normalized spacial score (nSPS) is 10.7. The molecule has 0 aliphatic carbocycles. The van der Waals surface area contributed by atoms with Crippen LogP contribution in [0.1, 0.15) is 17.5 Å². The van der Waals surface area contributed by atoms with Crippen molar-refractivity contribution in [3.05, 3.63) is 41.5 Å². The first-order valence-electron chi connectivity index (χ1n) is 5.68. The van der Waals surface area contributed by atoms with E-state index in [2.05, 4.69) is 6.07 Å². The number of nitriles is 1. The van der Waals surface area contributed by atoms with Gasteiger partial charge in [-0.2, -0.15) is 5.26 Å². The van der Waals surface area contributed by atoms with E-state index in [1.807, 2.05) is 36.2 Å². The van der Waals surface area contributed by atoms with E-state index in [1.165, 1.54) is 0 Å². The molecule has 0 heterocycles. The van der Waals surface area contributed by atoms with Crippen molar-refractivity contribution in [2.75, 3.05) is 13.6 Å². The molecule has 0 unspecified atom stereocenters. The van der Waals surface area contributed by atoms with E-state index in [4.69, 9.17) is 10.4 Å². The first-order chi connectivity index (χ1) is 8.63. The standard InChI is InChI=1S/C14H16N2O2/c1-16(10-4-9-15)11-13-6-3-2-5-12(13)7-8-14(17)18/h2-3,5-8H,4,10-11H2,1H3,(H,17,18). The van der Waals surface area contributed by atoms with E-state index in [1.54, 1.807) is 6.08 Å². The summed E-state index contributed by atoms with van der Waals surface area (Å²) in [6, 6.07) is 9.75. The molecule has 0 amide bonds. The van der Waals surface area contributed by atoms with E-state index in [-0.39, 0.29) is 0 Å². The monoisotopic (exact) mass is 244 g/mol. The Morgan fingerprint density at radius 1 is 1.50 bits per heavy atom. The van der Waals surface area contributed by atoms with Gasteiger partial charge in [-0.15, -0.1) is 0 Å². The van der Waals surface area contributed by atoms with Crippen LogP contribution >= 0.6 is 0 Å². The highest BCUT2D eigenvalue weighted by Gasteiger charge is 2.03. The molecule has 4 heteroatoms. The summed E-state index contributed by atoms with van der Waals surface area (Å²) < 4.78 is 0. The number of aliphatic carboxylic acids is 1. The molecule has 0 atom stereocenters. The molecular formula is C14H16N2O2. The van der Waals surface area contributed by atoms with E-state index in [0.29, 0.717) is 19.5 Å². The lowest BCUT2D eigenvalue weighted by molar-refractivity contribution is -0.131. The Morgan fingerprint density at radius 3 is 2.89 bits per heavy atom. The molecule has 0 spiro atoms. The minimum atomic E-state index is -0.956. The summed E-state index contributed by atoms with van der Waals surface area (Å²) in [7, 11) is 1.94. The summed E-state index contributed by atoms with van der Waals surface area (Å²) in [4.78, 5) is 12.6. The molecule has 0 bridgehead atoms. The molecule has 0 aromatic heterocycles. The zero-order chi connectivity index (χ0) is 13.4. The van der Waals surface area contributed by atoms with Gasteiger partial charge in [0, 0.05) is 25.6 Å². The van der Waals surface area contributed by atoms with Crippen LogP contribution < -0.4 is 0 Å². The molecule has 1 N–H and O–H groups in total. The van der Waals surface area contributed by atoms with Crippen LogP contribution in [0.2, 0.25) is 0 Å². The van der Waals surface area contributed by atoms with Crippen LogP contribution in [0.4, 0.5) is 0 Å². The van der Waals surface area contributed by atoms with Gasteiger partial charge in [-0.05, 0) is 24.3 Å². The maximum atomic E-state index is 10.5. The van der Waals surface area contributed by atoms with Crippen molar-refractivity contribution in [3.63, 3.8) is 0 Å². The van der Waals surface area contributed by atoms with Crippen molar-refractivity contribution in [1.29, 1.82) is 5.26 Å². The van der Waals surface area contributed by atoms with Crippen molar-refractivity contribution >= 4 is 12.0 Å². The predicted molar refractivity (Wildman–Crippen MR) is 69.7 cm³/mol. The first-order valence-corrected chi connectivity index (χ1v) is 5.68. The summed E-state index contributed by atoms with van der Waals surface area (Å²) in [6.45, 7) is 1.40. The SMILES string of the molecule is CN(CCC#N)Cc1ccccc1C=CC(=O)O. The maximum Gasteiger partial charge on any atom is 0.328 e. The van der Waals surface area contributed by atoms with Crippen LogP contribution in [0, 0.1) is 11.3 Å². The van der Waals surface area contributed by atoms with E-state index in [0.717, 1.165) is 17.2 Å².